The van der Waals surface area contributed by atoms with E-state index in [1.54, 1.807) is 0 Å². The maximum Gasteiger partial charge on any atom is 0.294 e. The first-order valence-electron chi connectivity index (χ1n) is 13.2. The molecule has 0 unspecified atom stereocenters. The topological polar surface area (TPSA) is 44.2 Å². The zero-order valence-electron chi connectivity index (χ0n) is 21.6. The summed E-state index contributed by atoms with van der Waals surface area (Å²) in [6, 6.07) is 9.62. The van der Waals surface area contributed by atoms with E-state index < -0.39 is 8.07 Å². The fourth-order valence-electron chi connectivity index (χ4n) is 3.80. The Bertz CT molecular complexity index is 765. The first-order chi connectivity index (χ1) is 16.5. The van der Waals surface area contributed by atoms with Gasteiger partial charge in [0.2, 0.25) is 0 Å². The molecule has 0 radical (unpaired) electrons. The quantitative estimate of drug-likeness (QED) is 0.0982. The van der Waals surface area contributed by atoms with E-state index in [0.717, 1.165) is 48.6 Å². The number of halogens is 1. The standard InChI is InChI=1S/C27H45ClN2O2SSi/c1-34(2,3)23-15-10-8-6-4-5-7-9-13-21-31-25-18-16-24(17-19-25)26-29-30-27(33-26)32-22-14-11-12-20-28/h16-19H,4-15,20-23H2,1-3H3. The highest BCUT2D eigenvalue weighted by Gasteiger charge is 2.11. The van der Waals surface area contributed by atoms with E-state index in [0.29, 0.717) is 17.7 Å². The van der Waals surface area contributed by atoms with E-state index in [4.69, 9.17) is 21.1 Å². The summed E-state index contributed by atoms with van der Waals surface area (Å²) in [6.45, 7) is 8.88. The molecule has 0 spiro atoms. The van der Waals surface area contributed by atoms with Crippen LogP contribution in [0.1, 0.15) is 77.0 Å². The number of hydrogen-bond donors (Lipinski definition) is 0. The van der Waals surface area contributed by atoms with Crippen molar-refractivity contribution in [3.8, 4) is 21.5 Å². The van der Waals surface area contributed by atoms with Crippen molar-refractivity contribution in [1.82, 2.24) is 10.2 Å². The van der Waals surface area contributed by atoms with Crippen LogP contribution in [0, 0.1) is 0 Å². The zero-order chi connectivity index (χ0) is 24.5. The minimum absolute atomic E-state index is 0.628. The molecule has 1 aromatic heterocycles. The lowest BCUT2D eigenvalue weighted by atomic mass is 10.1. The lowest BCUT2D eigenvalue weighted by Crippen LogP contribution is -2.18. The van der Waals surface area contributed by atoms with Crippen molar-refractivity contribution < 1.29 is 9.47 Å². The molecule has 0 aliphatic heterocycles. The molecule has 2 rings (SSSR count). The number of ether oxygens (including phenoxy) is 2. The Kier molecular flexibility index (Phi) is 14.8. The number of alkyl halides is 1. The summed E-state index contributed by atoms with van der Waals surface area (Å²) in [5.41, 5.74) is 1.04. The molecule has 2 aromatic rings. The summed E-state index contributed by atoms with van der Waals surface area (Å²) >= 11 is 7.18. The van der Waals surface area contributed by atoms with Crippen molar-refractivity contribution in [2.45, 2.75) is 103 Å². The third-order valence-electron chi connectivity index (χ3n) is 5.85. The van der Waals surface area contributed by atoms with Crippen molar-refractivity contribution >= 4 is 31.0 Å². The highest BCUT2D eigenvalue weighted by Crippen LogP contribution is 2.29. The molecule has 34 heavy (non-hydrogen) atoms. The molecule has 7 heteroatoms. The highest BCUT2D eigenvalue weighted by molar-refractivity contribution is 7.16. The van der Waals surface area contributed by atoms with Gasteiger partial charge in [-0.05, 0) is 49.9 Å². The van der Waals surface area contributed by atoms with Gasteiger partial charge in [-0.25, -0.2) is 0 Å². The number of unbranched alkanes of at least 4 members (excludes halogenated alkanes) is 10. The van der Waals surface area contributed by atoms with Gasteiger partial charge in [0.15, 0.2) is 5.01 Å². The molecule has 1 aromatic carbocycles. The molecule has 1 heterocycles. The van der Waals surface area contributed by atoms with Crippen molar-refractivity contribution in [3.05, 3.63) is 24.3 Å². The molecule has 0 saturated heterocycles. The number of benzene rings is 1. The van der Waals surface area contributed by atoms with Crippen molar-refractivity contribution in [1.29, 1.82) is 0 Å². The molecule has 4 nitrogen and oxygen atoms in total. The number of aromatic nitrogens is 2. The second-order valence-electron chi connectivity index (χ2n) is 10.3. The predicted octanol–water partition coefficient (Wildman–Crippen LogP) is 9.22. The summed E-state index contributed by atoms with van der Waals surface area (Å²) < 4.78 is 11.6. The van der Waals surface area contributed by atoms with Crippen LogP contribution < -0.4 is 9.47 Å². The fourth-order valence-corrected chi connectivity index (χ4v) is 6.02. The molecule has 0 N–H and O–H groups in total. The zero-order valence-corrected chi connectivity index (χ0v) is 24.2. The average Bonchev–Trinajstić information content (AvgIpc) is 3.28. The van der Waals surface area contributed by atoms with Crippen LogP contribution in [0.15, 0.2) is 24.3 Å². The Morgan fingerprint density at radius 2 is 1.26 bits per heavy atom. The van der Waals surface area contributed by atoms with E-state index >= 15 is 0 Å². The summed E-state index contributed by atoms with van der Waals surface area (Å²) in [6.07, 6.45) is 15.3. The smallest absolute Gasteiger partial charge is 0.294 e. The van der Waals surface area contributed by atoms with E-state index in [2.05, 4.69) is 29.8 Å². The molecule has 0 atom stereocenters. The van der Waals surface area contributed by atoms with Crippen LogP contribution >= 0.6 is 22.9 Å². The van der Waals surface area contributed by atoms with Gasteiger partial charge in [-0.15, -0.1) is 16.7 Å². The Labute approximate surface area is 217 Å². The Morgan fingerprint density at radius 1 is 0.706 bits per heavy atom. The SMILES string of the molecule is C[Si](C)(C)CCCCCCCCCCCOc1ccc(-c2nnc(OCCCCCCl)s2)cc1. The second kappa shape index (κ2) is 17.3. The van der Waals surface area contributed by atoms with Crippen molar-refractivity contribution in [2.24, 2.45) is 0 Å². The molecule has 0 aliphatic carbocycles. The molecule has 0 amide bonds. The highest BCUT2D eigenvalue weighted by atomic mass is 35.5. The van der Waals surface area contributed by atoms with Crippen molar-refractivity contribution in [2.75, 3.05) is 19.1 Å². The fraction of sp³-hybridized carbons (Fsp3) is 0.704. The van der Waals surface area contributed by atoms with Crippen LogP contribution in [0.25, 0.3) is 10.6 Å². The van der Waals surface area contributed by atoms with Crippen molar-refractivity contribution in [3.63, 3.8) is 0 Å². The van der Waals surface area contributed by atoms with Gasteiger partial charge in [-0.2, -0.15) is 0 Å². The molecule has 192 valence electrons. The first-order valence-corrected chi connectivity index (χ1v) is 18.3. The molecule has 0 bridgehead atoms. The molecule has 0 aliphatic rings. The molecular weight excluding hydrogens is 480 g/mol. The van der Waals surface area contributed by atoms with Crippen LogP contribution in [0.2, 0.25) is 25.7 Å². The summed E-state index contributed by atoms with van der Waals surface area (Å²) in [5.74, 6) is 1.63. The predicted molar refractivity (Wildman–Crippen MR) is 151 cm³/mol. The number of nitrogens with zero attached hydrogens (tertiary/aromatic N) is 2. The number of rotatable bonds is 20. The minimum Gasteiger partial charge on any atom is -0.494 e. The Hall–Kier alpha value is -1.11. The first kappa shape index (κ1) is 29.1. The van der Waals surface area contributed by atoms with Gasteiger partial charge in [-0.3, -0.25) is 0 Å². The molecule has 0 saturated carbocycles. The van der Waals surface area contributed by atoms with Gasteiger partial charge < -0.3 is 9.47 Å². The van der Waals surface area contributed by atoms with Gasteiger partial charge in [0, 0.05) is 19.5 Å². The molecular formula is C27H45ClN2O2SSi. The molecule has 0 fully saturated rings. The van der Waals surface area contributed by atoms with Gasteiger partial charge in [-0.1, -0.05) is 93.5 Å². The summed E-state index contributed by atoms with van der Waals surface area (Å²) in [7, 11) is -0.825. The summed E-state index contributed by atoms with van der Waals surface area (Å²) in [4.78, 5) is 0. The Balaban J connectivity index is 1.50. The van der Waals surface area contributed by atoms with Crippen LogP contribution in [-0.2, 0) is 0 Å². The van der Waals surface area contributed by atoms with Crippen LogP contribution in [0.3, 0.4) is 0 Å². The third-order valence-corrected chi connectivity index (χ3v) is 8.86. The lowest BCUT2D eigenvalue weighted by molar-refractivity contribution is 0.302. The maximum atomic E-state index is 5.92. The largest absolute Gasteiger partial charge is 0.494 e. The normalized spacial score (nSPS) is 11.6. The van der Waals surface area contributed by atoms with E-state index in [1.807, 2.05) is 24.3 Å². The van der Waals surface area contributed by atoms with Gasteiger partial charge in [0.25, 0.3) is 5.19 Å². The van der Waals surface area contributed by atoms with Gasteiger partial charge in [0.1, 0.15) is 5.75 Å². The van der Waals surface area contributed by atoms with E-state index in [9.17, 15) is 0 Å². The summed E-state index contributed by atoms with van der Waals surface area (Å²) in [5, 5.41) is 9.90. The Morgan fingerprint density at radius 3 is 1.88 bits per heavy atom. The monoisotopic (exact) mass is 524 g/mol. The minimum atomic E-state index is -0.825. The van der Waals surface area contributed by atoms with Crippen LogP contribution in [0.4, 0.5) is 0 Å². The second-order valence-corrected chi connectivity index (χ2v) is 17.3. The maximum absolute atomic E-state index is 5.92. The average molecular weight is 525 g/mol. The number of hydrogen-bond acceptors (Lipinski definition) is 5. The van der Waals surface area contributed by atoms with Gasteiger partial charge >= 0.3 is 0 Å². The lowest BCUT2D eigenvalue weighted by Gasteiger charge is -2.14. The van der Waals surface area contributed by atoms with Crippen LogP contribution in [0.5, 0.6) is 10.9 Å². The van der Waals surface area contributed by atoms with Gasteiger partial charge in [0.05, 0.1) is 13.2 Å². The van der Waals surface area contributed by atoms with E-state index in [-0.39, 0.29) is 0 Å². The van der Waals surface area contributed by atoms with E-state index in [1.165, 1.54) is 68.7 Å². The van der Waals surface area contributed by atoms with Crippen LogP contribution in [-0.4, -0.2) is 37.4 Å². The third kappa shape index (κ3) is 13.7.